The van der Waals surface area contributed by atoms with Gasteiger partial charge in [-0.1, -0.05) is 41.9 Å². The zero-order valence-corrected chi connectivity index (χ0v) is 12.8. The van der Waals surface area contributed by atoms with Crippen molar-refractivity contribution in [2.24, 2.45) is 0 Å². The van der Waals surface area contributed by atoms with E-state index in [1.165, 1.54) is 12.1 Å². The van der Waals surface area contributed by atoms with Gasteiger partial charge in [0.15, 0.2) is 17.8 Å². The van der Waals surface area contributed by atoms with Gasteiger partial charge in [0.05, 0.1) is 25.4 Å². The lowest BCUT2D eigenvalue weighted by molar-refractivity contribution is 0.106. The number of hydrogen-bond acceptors (Lipinski definition) is 4. The van der Waals surface area contributed by atoms with E-state index in [9.17, 15) is 9.90 Å². The van der Waals surface area contributed by atoms with Crippen LogP contribution >= 0.6 is 11.6 Å². The van der Waals surface area contributed by atoms with Crippen molar-refractivity contribution in [3.8, 4) is 11.5 Å². The molecule has 2 aromatic rings. The van der Waals surface area contributed by atoms with Crippen molar-refractivity contribution < 1.29 is 19.4 Å². The summed E-state index contributed by atoms with van der Waals surface area (Å²) in [6, 6.07) is 12.8. The number of hydrogen-bond donors (Lipinski definition) is 1. The average Bonchev–Trinajstić information content (AvgIpc) is 2.54. The molecular formula is C17H17ClO4. The minimum atomic E-state index is -0.190. The highest BCUT2D eigenvalue weighted by Crippen LogP contribution is 2.32. The molecule has 0 aliphatic carbocycles. The molecule has 0 radical (unpaired) electrons. The molecule has 116 valence electrons. The number of phenols is 1. The molecule has 0 heterocycles. The maximum Gasteiger partial charge on any atom is 0.168 e. The van der Waals surface area contributed by atoms with E-state index in [4.69, 9.17) is 21.1 Å². The van der Waals surface area contributed by atoms with Gasteiger partial charge in [-0.2, -0.15) is 0 Å². The van der Waals surface area contributed by atoms with E-state index in [-0.39, 0.29) is 17.1 Å². The van der Waals surface area contributed by atoms with E-state index in [1.54, 1.807) is 0 Å². The Labute approximate surface area is 134 Å². The second-order valence-electron chi connectivity index (χ2n) is 4.70. The summed E-state index contributed by atoms with van der Waals surface area (Å²) in [4.78, 5) is 10.8. The van der Waals surface area contributed by atoms with Gasteiger partial charge in [-0.05, 0) is 11.6 Å². The van der Waals surface area contributed by atoms with Gasteiger partial charge in [-0.25, -0.2) is 0 Å². The quantitative estimate of drug-likeness (QED) is 0.593. The molecule has 0 saturated carbocycles. The molecule has 0 bridgehead atoms. The average molecular weight is 321 g/mol. The molecule has 0 amide bonds. The minimum Gasteiger partial charge on any atom is -0.504 e. The van der Waals surface area contributed by atoms with Gasteiger partial charge in [0.2, 0.25) is 0 Å². The van der Waals surface area contributed by atoms with Gasteiger partial charge in [-0.3, -0.25) is 4.79 Å². The van der Waals surface area contributed by atoms with Crippen molar-refractivity contribution in [2.75, 3.05) is 13.2 Å². The molecule has 0 unspecified atom stereocenters. The number of rotatable bonds is 8. The Bertz CT molecular complexity index is 614. The van der Waals surface area contributed by atoms with Gasteiger partial charge in [-0.15, -0.1) is 0 Å². The van der Waals surface area contributed by atoms with Crippen LogP contribution in [0.1, 0.15) is 22.3 Å². The van der Waals surface area contributed by atoms with Crippen molar-refractivity contribution in [2.45, 2.75) is 13.0 Å². The third-order valence-corrected chi connectivity index (χ3v) is 3.22. The van der Waals surface area contributed by atoms with Crippen molar-refractivity contribution >= 4 is 17.9 Å². The van der Waals surface area contributed by atoms with Crippen LogP contribution < -0.4 is 4.74 Å². The van der Waals surface area contributed by atoms with Crippen LogP contribution in [0.2, 0.25) is 5.02 Å². The molecule has 0 atom stereocenters. The van der Waals surface area contributed by atoms with E-state index < -0.39 is 0 Å². The van der Waals surface area contributed by atoms with Gasteiger partial charge in [0.1, 0.15) is 0 Å². The summed E-state index contributed by atoms with van der Waals surface area (Å²) in [5.41, 5.74) is 1.23. The van der Waals surface area contributed by atoms with Crippen molar-refractivity contribution in [1.82, 2.24) is 0 Å². The second kappa shape index (κ2) is 8.41. The highest BCUT2D eigenvalue weighted by Gasteiger charge is 2.10. The molecule has 5 heteroatoms. The van der Waals surface area contributed by atoms with E-state index in [2.05, 4.69) is 0 Å². The first-order valence-corrected chi connectivity index (χ1v) is 7.30. The van der Waals surface area contributed by atoms with E-state index >= 15 is 0 Å². The molecule has 1 N–H and O–H groups in total. The first-order valence-electron chi connectivity index (χ1n) is 6.93. The number of carbonyl (C=O) groups is 1. The summed E-state index contributed by atoms with van der Waals surface area (Å²) in [5, 5.41) is 10.2. The lowest BCUT2D eigenvalue weighted by Gasteiger charge is -2.10. The van der Waals surface area contributed by atoms with Crippen LogP contribution in [0.5, 0.6) is 11.5 Å². The number of ether oxygens (including phenoxy) is 2. The molecule has 0 spiro atoms. The maximum absolute atomic E-state index is 10.8. The maximum atomic E-state index is 10.8. The Kier molecular flexibility index (Phi) is 6.25. The van der Waals surface area contributed by atoms with E-state index in [0.717, 1.165) is 5.56 Å². The molecule has 0 aliphatic rings. The molecule has 22 heavy (non-hydrogen) atoms. The Morgan fingerprint density at radius 3 is 2.64 bits per heavy atom. The molecule has 0 saturated heterocycles. The number of aldehydes is 1. The number of carbonyl (C=O) groups excluding carboxylic acids is 1. The van der Waals surface area contributed by atoms with Gasteiger partial charge in [0.25, 0.3) is 0 Å². The van der Waals surface area contributed by atoms with Gasteiger partial charge < -0.3 is 14.6 Å². The zero-order valence-electron chi connectivity index (χ0n) is 12.0. The summed E-state index contributed by atoms with van der Waals surface area (Å²) in [6.07, 6.45) is 1.20. The molecular weight excluding hydrogens is 304 g/mol. The predicted molar refractivity (Wildman–Crippen MR) is 84.7 cm³/mol. The molecule has 4 nitrogen and oxygen atoms in total. The molecule has 2 aromatic carbocycles. The third kappa shape index (κ3) is 4.76. The van der Waals surface area contributed by atoms with Crippen LogP contribution in [0.15, 0.2) is 42.5 Å². The van der Waals surface area contributed by atoms with Crippen LogP contribution in [0.4, 0.5) is 0 Å². The van der Waals surface area contributed by atoms with Crippen LogP contribution in [-0.4, -0.2) is 24.6 Å². The SMILES string of the molecule is O=Cc1cc(Cl)cc(OCCCOCc2ccccc2)c1O. The fourth-order valence-electron chi connectivity index (χ4n) is 1.90. The summed E-state index contributed by atoms with van der Waals surface area (Å²) in [7, 11) is 0. The van der Waals surface area contributed by atoms with Crippen LogP contribution in [0.25, 0.3) is 0 Å². The predicted octanol–water partition coefficient (Wildman–Crippen LogP) is 3.84. The molecule has 2 rings (SSSR count). The molecule has 0 aliphatic heterocycles. The Hall–Kier alpha value is -2.04. The summed E-state index contributed by atoms with van der Waals surface area (Å²) in [6.45, 7) is 1.45. The Morgan fingerprint density at radius 2 is 1.91 bits per heavy atom. The van der Waals surface area contributed by atoms with Gasteiger partial charge >= 0.3 is 0 Å². The molecule has 0 fully saturated rings. The van der Waals surface area contributed by atoms with Crippen molar-refractivity contribution in [3.05, 3.63) is 58.6 Å². The standard InChI is InChI=1S/C17H17ClO4/c18-15-9-14(11-19)17(20)16(10-15)22-8-4-7-21-12-13-5-2-1-3-6-13/h1-3,5-6,9-11,20H,4,7-8,12H2. The van der Waals surface area contributed by atoms with Crippen molar-refractivity contribution in [1.29, 1.82) is 0 Å². The highest BCUT2D eigenvalue weighted by molar-refractivity contribution is 6.31. The summed E-state index contributed by atoms with van der Waals surface area (Å²) in [5.74, 6) is 0.0160. The third-order valence-electron chi connectivity index (χ3n) is 3.00. The smallest absolute Gasteiger partial charge is 0.168 e. The van der Waals surface area contributed by atoms with E-state index in [0.29, 0.717) is 37.6 Å². The Morgan fingerprint density at radius 1 is 1.14 bits per heavy atom. The largest absolute Gasteiger partial charge is 0.504 e. The van der Waals surface area contributed by atoms with Gasteiger partial charge in [0, 0.05) is 17.5 Å². The van der Waals surface area contributed by atoms with Crippen molar-refractivity contribution in [3.63, 3.8) is 0 Å². The van der Waals surface area contributed by atoms with Crippen LogP contribution in [0.3, 0.4) is 0 Å². The normalized spacial score (nSPS) is 10.4. The van der Waals surface area contributed by atoms with Crippen LogP contribution in [0, 0.1) is 0 Å². The lowest BCUT2D eigenvalue weighted by Crippen LogP contribution is -2.04. The second-order valence-corrected chi connectivity index (χ2v) is 5.14. The first-order chi connectivity index (χ1) is 10.7. The summed E-state index contributed by atoms with van der Waals surface area (Å²) < 4.78 is 11.0. The molecule has 0 aromatic heterocycles. The summed E-state index contributed by atoms with van der Waals surface area (Å²) >= 11 is 5.86. The fraction of sp³-hybridized carbons (Fsp3) is 0.235. The first kappa shape index (κ1) is 16.3. The zero-order chi connectivity index (χ0) is 15.8. The monoisotopic (exact) mass is 320 g/mol. The number of phenolic OH excluding ortho intramolecular Hbond substituents is 1. The Balaban J connectivity index is 1.73. The highest BCUT2D eigenvalue weighted by atomic mass is 35.5. The minimum absolute atomic E-state index is 0.114. The number of halogens is 1. The topological polar surface area (TPSA) is 55.8 Å². The number of aromatic hydroxyl groups is 1. The fourth-order valence-corrected chi connectivity index (χ4v) is 2.12. The lowest BCUT2D eigenvalue weighted by atomic mass is 10.2. The number of benzene rings is 2. The van der Waals surface area contributed by atoms with Crippen LogP contribution in [-0.2, 0) is 11.3 Å². The van der Waals surface area contributed by atoms with E-state index in [1.807, 2.05) is 30.3 Å².